The lowest BCUT2D eigenvalue weighted by molar-refractivity contribution is -0.150. The number of rotatable bonds is 8. The first-order chi connectivity index (χ1) is 12.1. The summed E-state index contributed by atoms with van der Waals surface area (Å²) in [6.45, 7) is 1.23. The smallest absolute Gasteiger partial charge is 0.344 e. The Hall–Kier alpha value is -2.37. The first kappa shape index (κ1) is 19.0. The maximum atomic E-state index is 11.8. The molecule has 25 heavy (non-hydrogen) atoms. The fourth-order valence-electron chi connectivity index (χ4n) is 2.79. The highest BCUT2D eigenvalue weighted by Crippen LogP contribution is 2.17. The topological polar surface area (TPSA) is 81.7 Å². The molecular weight excluding hydrogens is 322 g/mol. The Balaban J connectivity index is 1.66. The number of benzene rings is 1. The molecule has 0 spiro atoms. The number of ether oxygens (including phenoxy) is 2. The maximum absolute atomic E-state index is 11.8. The monoisotopic (exact) mass is 347 g/mol. The van der Waals surface area contributed by atoms with Crippen molar-refractivity contribution in [2.24, 2.45) is 0 Å². The van der Waals surface area contributed by atoms with E-state index in [4.69, 9.17) is 9.47 Å². The summed E-state index contributed by atoms with van der Waals surface area (Å²) >= 11 is 0. The van der Waals surface area contributed by atoms with E-state index in [0.717, 1.165) is 25.7 Å². The van der Waals surface area contributed by atoms with Crippen LogP contribution in [0.15, 0.2) is 24.3 Å². The second kappa shape index (κ2) is 9.81. The van der Waals surface area contributed by atoms with Gasteiger partial charge in [-0.3, -0.25) is 9.59 Å². The summed E-state index contributed by atoms with van der Waals surface area (Å²) in [5, 5.41) is 2.88. The number of nitrogens with one attached hydrogen (secondary N) is 1. The summed E-state index contributed by atoms with van der Waals surface area (Å²) in [6.07, 6.45) is 5.88. The fourth-order valence-corrected chi connectivity index (χ4v) is 2.79. The number of hydrogen-bond donors (Lipinski definition) is 1. The summed E-state index contributed by atoms with van der Waals surface area (Å²) in [7, 11) is 0. The Bertz CT molecular complexity index is 590. The molecule has 6 nitrogen and oxygen atoms in total. The van der Waals surface area contributed by atoms with Gasteiger partial charge in [-0.1, -0.05) is 26.2 Å². The molecule has 1 aliphatic carbocycles. The van der Waals surface area contributed by atoms with Gasteiger partial charge in [-0.2, -0.15) is 0 Å². The van der Waals surface area contributed by atoms with E-state index < -0.39 is 5.97 Å². The van der Waals surface area contributed by atoms with Crippen LogP contribution in [-0.4, -0.2) is 36.9 Å². The van der Waals surface area contributed by atoms with E-state index in [-0.39, 0.29) is 30.9 Å². The average molecular weight is 347 g/mol. The number of esters is 1. The molecule has 0 heterocycles. The fraction of sp³-hybridized carbons (Fsp3) is 0.526. The highest BCUT2D eigenvalue weighted by molar-refractivity contribution is 5.95. The van der Waals surface area contributed by atoms with E-state index >= 15 is 0 Å². The molecule has 6 heteroatoms. The summed E-state index contributed by atoms with van der Waals surface area (Å²) in [6, 6.07) is 6.77. The SMILES string of the molecule is CCC(=O)c1ccc(OCC(=O)OCC(=O)NC2CCCCC2)cc1. The van der Waals surface area contributed by atoms with Gasteiger partial charge in [0.05, 0.1) is 0 Å². The standard InChI is InChI=1S/C19H25NO5/c1-2-17(21)14-8-10-16(11-9-14)24-13-19(23)25-12-18(22)20-15-6-4-3-5-7-15/h8-11,15H,2-7,12-13H2,1H3,(H,20,22). The van der Waals surface area contributed by atoms with Gasteiger partial charge >= 0.3 is 5.97 Å². The summed E-state index contributed by atoms with van der Waals surface area (Å²) in [4.78, 5) is 34.9. The van der Waals surface area contributed by atoms with Crippen LogP contribution in [0.5, 0.6) is 5.75 Å². The molecule has 1 N–H and O–H groups in total. The van der Waals surface area contributed by atoms with Gasteiger partial charge < -0.3 is 14.8 Å². The molecule has 0 atom stereocenters. The highest BCUT2D eigenvalue weighted by atomic mass is 16.6. The summed E-state index contributed by atoms with van der Waals surface area (Å²) in [5.74, 6) is -0.360. The van der Waals surface area contributed by atoms with Gasteiger partial charge in [0.25, 0.3) is 5.91 Å². The molecule has 1 aromatic rings. The van der Waals surface area contributed by atoms with Crippen LogP contribution in [0.2, 0.25) is 0 Å². The molecule has 1 aromatic carbocycles. The predicted molar refractivity (Wildman–Crippen MR) is 92.5 cm³/mol. The van der Waals surface area contributed by atoms with Crippen LogP contribution in [0.25, 0.3) is 0 Å². The van der Waals surface area contributed by atoms with Crippen LogP contribution in [0.4, 0.5) is 0 Å². The molecule has 1 fully saturated rings. The van der Waals surface area contributed by atoms with Crippen LogP contribution >= 0.6 is 0 Å². The third kappa shape index (κ3) is 6.57. The molecule has 0 unspecified atom stereocenters. The van der Waals surface area contributed by atoms with Gasteiger partial charge in [0.2, 0.25) is 0 Å². The van der Waals surface area contributed by atoms with Gasteiger partial charge in [-0.05, 0) is 37.1 Å². The minimum atomic E-state index is -0.604. The maximum Gasteiger partial charge on any atom is 0.344 e. The molecule has 0 saturated heterocycles. The van der Waals surface area contributed by atoms with E-state index in [1.54, 1.807) is 31.2 Å². The highest BCUT2D eigenvalue weighted by Gasteiger charge is 2.16. The van der Waals surface area contributed by atoms with Crippen LogP contribution in [0.3, 0.4) is 0 Å². The Labute approximate surface area is 147 Å². The van der Waals surface area contributed by atoms with Crippen molar-refractivity contribution in [1.29, 1.82) is 0 Å². The van der Waals surface area contributed by atoms with Crippen molar-refractivity contribution >= 4 is 17.7 Å². The van der Waals surface area contributed by atoms with Gasteiger partial charge in [-0.15, -0.1) is 0 Å². The molecule has 0 radical (unpaired) electrons. The minimum absolute atomic E-state index is 0.0509. The Morgan fingerprint density at radius 1 is 1.04 bits per heavy atom. The lowest BCUT2D eigenvalue weighted by Crippen LogP contribution is -2.39. The number of hydrogen-bond acceptors (Lipinski definition) is 5. The average Bonchev–Trinajstić information content (AvgIpc) is 2.65. The van der Waals surface area contributed by atoms with Crippen LogP contribution in [0, 0.1) is 0 Å². The molecule has 0 aromatic heterocycles. The predicted octanol–water partition coefficient (Wildman–Crippen LogP) is 2.65. The zero-order chi connectivity index (χ0) is 18.1. The van der Waals surface area contributed by atoms with Crippen molar-refractivity contribution in [3.63, 3.8) is 0 Å². The van der Waals surface area contributed by atoms with Crippen molar-refractivity contribution < 1.29 is 23.9 Å². The molecule has 0 aliphatic heterocycles. The molecule has 1 aliphatic rings. The normalized spacial score (nSPS) is 14.6. The summed E-state index contributed by atoms with van der Waals surface area (Å²) < 4.78 is 10.2. The molecule has 136 valence electrons. The zero-order valence-corrected chi connectivity index (χ0v) is 14.6. The number of Topliss-reactive ketones (excluding diaryl/α,β-unsaturated/α-hetero) is 1. The first-order valence-corrected chi connectivity index (χ1v) is 8.79. The van der Waals surface area contributed by atoms with Gasteiger partial charge in [0.1, 0.15) is 5.75 Å². The van der Waals surface area contributed by atoms with Gasteiger partial charge in [0, 0.05) is 18.0 Å². The Morgan fingerprint density at radius 2 is 1.72 bits per heavy atom. The van der Waals surface area contributed by atoms with E-state index in [9.17, 15) is 14.4 Å². The summed E-state index contributed by atoms with van der Waals surface area (Å²) in [5.41, 5.74) is 0.608. The number of ketones is 1. The first-order valence-electron chi connectivity index (χ1n) is 8.79. The van der Waals surface area contributed by atoms with Crippen molar-refractivity contribution in [3.05, 3.63) is 29.8 Å². The number of carbonyl (C=O) groups is 3. The van der Waals surface area contributed by atoms with E-state index in [1.165, 1.54) is 6.42 Å². The molecule has 1 amide bonds. The Morgan fingerprint density at radius 3 is 2.36 bits per heavy atom. The lowest BCUT2D eigenvalue weighted by Gasteiger charge is -2.22. The number of carbonyl (C=O) groups excluding carboxylic acids is 3. The van der Waals surface area contributed by atoms with Crippen molar-refractivity contribution in [3.8, 4) is 5.75 Å². The zero-order valence-electron chi connectivity index (χ0n) is 14.6. The third-order valence-electron chi connectivity index (χ3n) is 4.19. The van der Waals surface area contributed by atoms with Crippen LogP contribution < -0.4 is 10.1 Å². The van der Waals surface area contributed by atoms with Gasteiger partial charge in [-0.25, -0.2) is 4.79 Å². The number of amides is 1. The molecule has 0 bridgehead atoms. The van der Waals surface area contributed by atoms with Crippen molar-refractivity contribution in [1.82, 2.24) is 5.32 Å². The third-order valence-corrected chi connectivity index (χ3v) is 4.19. The van der Waals surface area contributed by atoms with E-state index in [0.29, 0.717) is 17.7 Å². The van der Waals surface area contributed by atoms with E-state index in [2.05, 4.69) is 5.32 Å². The largest absolute Gasteiger partial charge is 0.482 e. The van der Waals surface area contributed by atoms with Crippen molar-refractivity contribution in [2.45, 2.75) is 51.5 Å². The Kier molecular flexibility index (Phi) is 7.44. The molecule has 1 saturated carbocycles. The minimum Gasteiger partial charge on any atom is -0.482 e. The second-order valence-electron chi connectivity index (χ2n) is 6.15. The van der Waals surface area contributed by atoms with Gasteiger partial charge in [0.15, 0.2) is 19.0 Å². The van der Waals surface area contributed by atoms with Crippen LogP contribution in [-0.2, 0) is 14.3 Å². The van der Waals surface area contributed by atoms with Crippen molar-refractivity contribution in [2.75, 3.05) is 13.2 Å². The second-order valence-corrected chi connectivity index (χ2v) is 6.15. The lowest BCUT2D eigenvalue weighted by atomic mass is 9.95. The van der Waals surface area contributed by atoms with E-state index in [1.807, 2.05) is 0 Å². The van der Waals surface area contributed by atoms with Crippen LogP contribution in [0.1, 0.15) is 55.8 Å². The quantitative estimate of drug-likeness (QED) is 0.577. The molecule has 2 rings (SSSR count). The molecular formula is C19H25NO5.